The zero-order valence-corrected chi connectivity index (χ0v) is 14.3. The molecule has 0 spiro atoms. The number of hydrogen-bond donors (Lipinski definition) is 1. The van der Waals surface area contributed by atoms with Gasteiger partial charge < -0.3 is 15.0 Å². The standard InChI is InChI=1S/C16H31N3O.ClH/c1-16(4-5-17-13-16)14-19-6-2-3-15(12-19)11-18-7-9-20-10-8-18;/h15,17H,2-14H2,1H3;1H/t15-,16?;/m0./s1. The van der Waals surface area contributed by atoms with E-state index in [1.165, 1.54) is 58.5 Å². The topological polar surface area (TPSA) is 27.7 Å². The zero-order chi connectivity index (χ0) is 13.8. The summed E-state index contributed by atoms with van der Waals surface area (Å²) in [6.07, 6.45) is 4.15. The highest BCUT2D eigenvalue weighted by Gasteiger charge is 2.32. The summed E-state index contributed by atoms with van der Waals surface area (Å²) in [4.78, 5) is 5.35. The first-order valence-electron chi connectivity index (χ1n) is 8.47. The third-order valence-corrected chi connectivity index (χ3v) is 5.29. The van der Waals surface area contributed by atoms with Crippen molar-refractivity contribution in [2.45, 2.75) is 26.2 Å². The largest absolute Gasteiger partial charge is 0.379 e. The molecular formula is C16H32ClN3O. The Kier molecular flexibility index (Phi) is 6.76. The Labute approximate surface area is 136 Å². The second-order valence-corrected chi connectivity index (χ2v) is 7.39. The monoisotopic (exact) mass is 317 g/mol. The molecule has 1 unspecified atom stereocenters. The molecule has 3 aliphatic rings. The molecule has 3 fully saturated rings. The molecule has 3 rings (SSSR count). The van der Waals surface area contributed by atoms with E-state index in [0.29, 0.717) is 5.41 Å². The summed E-state index contributed by atoms with van der Waals surface area (Å²) in [5.41, 5.74) is 0.515. The summed E-state index contributed by atoms with van der Waals surface area (Å²) in [6, 6.07) is 0. The van der Waals surface area contributed by atoms with Gasteiger partial charge in [-0.05, 0) is 43.7 Å². The van der Waals surface area contributed by atoms with Gasteiger partial charge in [-0.3, -0.25) is 4.90 Å². The number of nitrogens with one attached hydrogen (secondary N) is 1. The van der Waals surface area contributed by atoms with Crippen LogP contribution in [0.4, 0.5) is 0 Å². The number of halogens is 1. The average Bonchev–Trinajstić information content (AvgIpc) is 2.87. The van der Waals surface area contributed by atoms with Gasteiger partial charge in [0.15, 0.2) is 0 Å². The van der Waals surface area contributed by atoms with E-state index in [-0.39, 0.29) is 12.4 Å². The first-order valence-corrected chi connectivity index (χ1v) is 8.47. The van der Waals surface area contributed by atoms with Crippen molar-refractivity contribution in [1.29, 1.82) is 0 Å². The van der Waals surface area contributed by atoms with Crippen LogP contribution in [0.25, 0.3) is 0 Å². The highest BCUT2D eigenvalue weighted by atomic mass is 35.5. The molecule has 0 bridgehead atoms. The molecule has 0 amide bonds. The number of morpholine rings is 1. The van der Waals surface area contributed by atoms with Crippen LogP contribution in [0, 0.1) is 11.3 Å². The maximum Gasteiger partial charge on any atom is 0.0594 e. The zero-order valence-electron chi connectivity index (χ0n) is 13.5. The Morgan fingerprint density at radius 1 is 1.19 bits per heavy atom. The fraction of sp³-hybridized carbons (Fsp3) is 1.00. The predicted octanol–water partition coefficient (Wildman–Crippen LogP) is 1.45. The van der Waals surface area contributed by atoms with Crippen LogP contribution in [0.5, 0.6) is 0 Å². The van der Waals surface area contributed by atoms with Gasteiger partial charge in [0.1, 0.15) is 0 Å². The van der Waals surface area contributed by atoms with Crippen LogP contribution in [0.15, 0.2) is 0 Å². The highest BCUT2D eigenvalue weighted by Crippen LogP contribution is 2.28. The third kappa shape index (κ3) is 5.07. The Morgan fingerprint density at radius 2 is 2.00 bits per heavy atom. The minimum Gasteiger partial charge on any atom is -0.379 e. The Morgan fingerprint density at radius 3 is 2.71 bits per heavy atom. The van der Waals surface area contributed by atoms with Crippen molar-refractivity contribution in [1.82, 2.24) is 15.1 Å². The number of hydrogen-bond acceptors (Lipinski definition) is 4. The fourth-order valence-electron chi connectivity index (χ4n) is 4.14. The molecule has 4 nitrogen and oxygen atoms in total. The lowest BCUT2D eigenvalue weighted by atomic mass is 9.87. The fourth-order valence-corrected chi connectivity index (χ4v) is 4.14. The highest BCUT2D eigenvalue weighted by molar-refractivity contribution is 5.85. The SMILES string of the molecule is CC1(CN2CCC[C@@H](CN3CCOCC3)C2)CCNC1.Cl. The normalized spacial score (nSPS) is 35.6. The van der Waals surface area contributed by atoms with Crippen molar-refractivity contribution in [3.63, 3.8) is 0 Å². The van der Waals surface area contributed by atoms with E-state index in [2.05, 4.69) is 22.0 Å². The molecule has 0 radical (unpaired) electrons. The Hall–Kier alpha value is 0.130. The third-order valence-electron chi connectivity index (χ3n) is 5.29. The van der Waals surface area contributed by atoms with Gasteiger partial charge >= 0.3 is 0 Å². The van der Waals surface area contributed by atoms with Crippen LogP contribution in [-0.2, 0) is 4.74 Å². The molecular weight excluding hydrogens is 286 g/mol. The van der Waals surface area contributed by atoms with Crippen molar-refractivity contribution in [3.05, 3.63) is 0 Å². The average molecular weight is 318 g/mol. The van der Waals surface area contributed by atoms with Gasteiger partial charge in [-0.25, -0.2) is 0 Å². The minimum atomic E-state index is 0. The summed E-state index contributed by atoms with van der Waals surface area (Å²) in [5.74, 6) is 0.875. The summed E-state index contributed by atoms with van der Waals surface area (Å²) < 4.78 is 5.45. The van der Waals surface area contributed by atoms with Gasteiger partial charge in [0.2, 0.25) is 0 Å². The summed E-state index contributed by atoms with van der Waals surface area (Å²) in [6.45, 7) is 14.2. The summed E-state index contributed by atoms with van der Waals surface area (Å²) >= 11 is 0. The predicted molar refractivity (Wildman–Crippen MR) is 89.3 cm³/mol. The molecule has 0 aliphatic carbocycles. The number of ether oxygens (including phenoxy) is 1. The van der Waals surface area contributed by atoms with Crippen molar-refractivity contribution >= 4 is 12.4 Å². The van der Waals surface area contributed by atoms with Gasteiger partial charge in [0.25, 0.3) is 0 Å². The van der Waals surface area contributed by atoms with Crippen LogP contribution < -0.4 is 5.32 Å². The van der Waals surface area contributed by atoms with Crippen LogP contribution in [0.3, 0.4) is 0 Å². The molecule has 0 saturated carbocycles. The first kappa shape index (κ1) is 17.5. The van der Waals surface area contributed by atoms with Gasteiger partial charge in [0, 0.05) is 39.3 Å². The van der Waals surface area contributed by atoms with E-state index in [1.807, 2.05) is 0 Å². The van der Waals surface area contributed by atoms with E-state index in [0.717, 1.165) is 32.2 Å². The smallest absolute Gasteiger partial charge is 0.0594 e. The second kappa shape index (κ2) is 8.11. The molecule has 124 valence electrons. The van der Waals surface area contributed by atoms with Crippen LogP contribution in [-0.4, -0.2) is 75.4 Å². The number of piperidine rings is 1. The lowest BCUT2D eigenvalue weighted by Crippen LogP contribution is -2.47. The Bertz CT molecular complexity index is 304. The molecule has 21 heavy (non-hydrogen) atoms. The van der Waals surface area contributed by atoms with E-state index in [9.17, 15) is 0 Å². The van der Waals surface area contributed by atoms with Crippen molar-refractivity contribution in [2.24, 2.45) is 11.3 Å². The lowest BCUT2D eigenvalue weighted by molar-refractivity contribution is 0.0203. The summed E-state index contributed by atoms with van der Waals surface area (Å²) in [7, 11) is 0. The number of nitrogens with zero attached hydrogens (tertiary/aromatic N) is 2. The van der Waals surface area contributed by atoms with Crippen molar-refractivity contribution < 1.29 is 4.74 Å². The molecule has 3 heterocycles. The van der Waals surface area contributed by atoms with E-state index >= 15 is 0 Å². The van der Waals surface area contributed by atoms with Crippen LogP contribution in [0.2, 0.25) is 0 Å². The lowest BCUT2D eigenvalue weighted by Gasteiger charge is -2.39. The molecule has 1 N–H and O–H groups in total. The number of rotatable bonds is 4. The van der Waals surface area contributed by atoms with Gasteiger partial charge in [0.05, 0.1) is 13.2 Å². The summed E-state index contributed by atoms with van der Waals surface area (Å²) in [5, 5.41) is 3.53. The van der Waals surface area contributed by atoms with Gasteiger partial charge in [-0.1, -0.05) is 6.92 Å². The van der Waals surface area contributed by atoms with Crippen LogP contribution >= 0.6 is 12.4 Å². The van der Waals surface area contributed by atoms with Gasteiger partial charge in [-0.15, -0.1) is 12.4 Å². The minimum absolute atomic E-state index is 0. The molecule has 0 aromatic heterocycles. The van der Waals surface area contributed by atoms with Gasteiger partial charge in [-0.2, -0.15) is 0 Å². The molecule has 2 atom stereocenters. The van der Waals surface area contributed by atoms with Crippen molar-refractivity contribution in [3.8, 4) is 0 Å². The molecule has 3 aliphatic heterocycles. The quantitative estimate of drug-likeness (QED) is 0.849. The van der Waals surface area contributed by atoms with E-state index < -0.39 is 0 Å². The maximum atomic E-state index is 5.45. The molecule has 0 aromatic carbocycles. The van der Waals surface area contributed by atoms with Crippen LogP contribution in [0.1, 0.15) is 26.2 Å². The molecule has 0 aromatic rings. The Balaban J connectivity index is 0.00000161. The molecule has 3 saturated heterocycles. The first-order chi connectivity index (χ1) is 9.73. The number of likely N-dealkylation sites (tertiary alicyclic amines) is 1. The molecule has 5 heteroatoms. The maximum absolute atomic E-state index is 5.45. The van der Waals surface area contributed by atoms with Crippen molar-refractivity contribution in [2.75, 3.05) is 65.6 Å². The van der Waals surface area contributed by atoms with E-state index in [1.54, 1.807) is 0 Å². The second-order valence-electron chi connectivity index (χ2n) is 7.39. The van der Waals surface area contributed by atoms with E-state index in [4.69, 9.17) is 4.74 Å².